The molecule has 17 heavy (non-hydrogen) atoms. The summed E-state index contributed by atoms with van der Waals surface area (Å²) in [7, 11) is 1.83. The Morgan fingerprint density at radius 3 is 2.71 bits per heavy atom. The van der Waals surface area contributed by atoms with Crippen LogP contribution < -0.4 is 10.6 Å². The van der Waals surface area contributed by atoms with Crippen molar-refractivity contribution in [2.45, 2.75) is 19.8 Å². The van der Waals surface area contributed by atoms with Crippen LogP contribution in [0.25, 0.3) is 0 Å². The summed E-state index contributed by atoms with van der Waals surface area (Å²) in [5.74, 6) is -1.02. The zero-order valence-electron chi connectivity index (χ0n) is 10.0. The molecular weight excluding hydrogens is 240 g/mol. The summed E-state index contributed by atoms with van der Waals surface area (Å²) in [4.78, 5) is 13.0. The van der Waals surface area contributed by atoms with Crippen LogP contribution in [-0.2, 0) is 0 Å². The van der Waals surface area contributed by atoms with E-state index >= 15 is 0 Å². The largest absolute Gasteiger partial charge is 0.478 e. The van der Waals surface area contributed by atoms with E-state index < -0.39 is 5.97 Å². The highest BCUT2D eigenvalue weighted by molar-refractivity contribution is 6.34. The third-order valence-corrected chi connectivity index (χ3v) is 2.83. The second-order valence-corrected chi connectivity index (χ2v) is 4.39. The minimum Gasteiger partial charge on any atom is -0.478 e. The molecule has 0 radical (unpaired) electrons. The first-order valence-corrected chi connectivity index (χ1v) is 5.88. The van der Waals surface area contributed by atoms with Gasteiger partial charge in [0.2, 0.25) is 0 Å². The van der Waals surface area contributed by atoms with Crippen LogP contribution in [0.15, 0.2) is 12.1 Å². The molecule has 1 aromatic rings. The third kappa shape index (κ3) is 3.27. The maximum Gasteiger partial charge on any atom is 0.337 e. The van der Waals surface area contributed by atoms with Gasteiger partial charge < -0.3 is 15.7 Å². The summed E-state index contributed by atoms with van der Waals surface area (Å²) >= 11 is 6.07. The van der Waals surface area contributed by atoms with Crippen LogP contribution in [0.4, 0.5) is 11.4 Å². The Hall–Kier alpha value is -1.42. The van der Waals surface area contributed by atoms with Crippen molar-refractivity contribution >= 4 is 28.9 Å². The summed E-state index contributed by atoms with van der Waals surface area (Å²) in [6.07, 6.45) is 2.02. The van der Waals surface area contributed by atoms with Gasteiger partial charge in [0.05, 0.1) is 16.3 Å². The summed E-state index contributed by atoms with van der Waals surface area (Å²) in [6.45, 7) is 2.84. The van der Waals surface area contributed by atoms with E-state index in [1.807, 2.05) is 11.9 Å². The molecule has 0 spiro atoms. The number of halogens is 1. The van der Waals surface area contributed by atoms with Crippen molar-refractivity contribution in [1.82, 2.24) is 0 Å². The molecule has 0 fully saturated rings. The average molecular weight is 257 g/mol. The standard InChI is InChI=1S/C12H17ClN2O2/c1-3-4-5-15(2)11-9(12(16)17)6-8(14)7-10(11)13/h6-7H,3-5,14H2,1-2H3,(H,16,17). The number of nitrogen functional groups attached to an aromatic ring is 1. The topological polar surface area (TPSA) is 66.6 Å². The highest BCUT2D eigenvalue weighted by atomic mass is 35.5. The van der Waals surface area contributed by atoms with Gasteiger partial charge in [-0.25, -0.2) is 4.79 Å². The van der Waals surface area contributed by atoms with Gasteiger partial charge in [0.1, 0.15) is 0 Å². The van der Waals surface area contributed by atoms with Crippen LogP contribution in [0.5, 0.6) is 0 Å². The molecule has 0 saturated carbocycles. The fraction of sp³-hybridized carbons (Fsp3) is 0.417. The minimum atomic E-state index is -1.02. The third-order valence-electron chi connectivity index (χ3n) is 2.54. The quantitative estimate of drug-likeness (QED) is 0.795. The Morgan fingerprint density at radius 1 is 1.53 bits per heavy atom. The first kappa shape index (κ1) is 13.6. The number of nitrogens with two attached hydrogens (primary N) is 1. The van der Waals surface area contributed by atoms with Crippen LogP contribution in [0.1, 0.15) is 30.1 Å². The smallest absolute Gasteiger partial charge is 0.337 e. The number of carboxylic acid groups (broad SMARTS) is 1. The highest BCUT2D eigenvalue weighted by Crippen LogP contribution is 2.32. The Bertz CT molecular complexity index is 421. The molecule has 1 aromatic carbocycles. The zero-order valence-corrected chi connectivity index (χ0v) is 10.8. The van der Waals surface area contributed by atoms with Gasteiger partial charge >= 0.3 is 5.97 Å². The molecule has 0 saturated heterocycles. The van der Waals surface area contributed by atoms with E-state index in [1.54, 1.807) is 6.07 Å². The molecule has 0 aromatic heterocycles. The van der Waals surface area contributed by atoms with Crippen molar-refractivity contribution < 1.29 is 9.90 Å². The molecular formula is C12H17ClN2O2. The average Bonchev–Trinajstić information content (AvgIpc) is 2.24. The Labute approximate surface area is 106 Å². The molecule has 4 nitrogen and oxygen atoms in total. The number of hydrogen-bond acceptors (Lipinski definition) is 3. The van der Waals surface area contributed by atoms with Gasteiger partial charge in [0, 0.05) is 19.3 Å². The molecule has 0 aliphatic rings. The second-order valence-electron chi connectivity index (χ2n) is 3.98. The first-order chi connectivity index (χ1) is 7.97. The molecule has 0 aliphatic heterocycles. The molecule has 1 rings (SSSR count). The number of rotatable bonds is 5. The van der Waals surface area contributed by atoms with E-state index in [0.29, 0.717) is 16.4 Å². The molecule has 0 heterocycles. The van der Waals surface area contributed by atoms with Crippen molar-refractivity contribution in [2.24, 2.45) is 0 Å². The van der Waals surface area contributed by atoms with Gasteiger partial charge in [-0.2, -0.15) is 0 Å². The molecule has 0 atom stereocenters. The van der Waals surface area contributed by atoms with Crippen LogP contribution in [0.3, 0.4) is 0 Å². The number of carboxylic acids is 1. The number of nitrogens with zero attached hydrogens (tertiary/aromatic N) is 1. The van der Waals surface area contributed by atoms with E-state index in [-0.39, 0.29) is 5.56 Å². The second kappa shape index (κ2) is 5.77. The van der Waals surface area contributed by atoms with Crippen LogP contribution in [0, 0.1) is 0 Å². The fourth-order valence-electron chi connectivity index (χ4n) is 1.68. The fourth-order valence-corrected chi connectivity index (χ4v) is 2.05. The van der Waals surface area contributed by atoms with Crippen molar-refractivity contribution in [3.05, 3.63) is 22.7 Å². The van der Waals surface area contributed by atoms with Gasteiger partial charge in [-0.1, -0.05) is 24.9 Å². The maximum absolute atomic E-state index is 11.2. The summed E-state index contributed by atoms with van der Waals surface area (Å²) in [5.41, 5.74) is 6.64. The Kier molecular flexibility index (Phi) is 4.63. The van der Waals surface area contributed by atoms with Crippen LogP contribution >= 0.6 is 11.6 Å². The Morgan fingerprint density at radius 2 is 2.18 bits per heavy atom. The molecule has 3 N–H and O–H groups in total. The lowest BCUT2D eigenvalue weighted by Gasteiger charge is -2.22. The highest BCUT2D eigenvalue weighted by Gasteiger charge is 2.17. The summed E-state index contributed by atoms with van der Waals surface area (Å²) in [6, 6.07) is 3.01. The molecule has 5 heteroatoms. The van der Waals surface area contributed by atoms with Gasteiger partial charge in [-0.15, -0.1) is 0 Å². The number of unbranched alkanes of at least 4 members (excludes halogenated alkanes) is 1. The lowest BCUT2D eigenvalue weighted by atomic mass is 10.1. The minimum absolute atomic E-state index is 0.147. The van der Waals surface area contributed by atoms with Crippen molar-refractivity contribution in [3.63, 3.8) is 0 Å². The van der Waals surface area contributed by atoms with Gasteiger partial charge in [0.25, 0.3) is 0 Å². The number of aromatic carboxylic acids is 1. The number of hydrogen-bond donors (Lipinski definition) is 2. The Balaban J connectivity index is 3.16. The van der Waals surface area contributed by atoms with E-state index in [1.165, 1.54) is 6.07 Å². The van der Waals surface area contributed by atoms with Crippen molar-refractivity contribution in [2.75, 3.05) is 24.2 Å². The van der Waals surface area contributed by atoms with Crippen molar-refractivity contribution in [3.8, 4) is 0 Å². The maximum atomic E-state index is 11.2. The predicted molar refractivity (Wildman–Crippen MR) is 71.0 cm³/mol. The van der Waals surface area contributed by atoms with Crippen molar-refractivity contribution in [1.29, 1.82) is 0 Å². The first-order valence-electron chi connectivity index (χ1n) is 5.50. The summed E-state index contributed by atoms with van der Waals surface area (Å²) < 4.78 is 0. The number of anilines is 2. The predicted octanol–water partition coefficient (Wildman–Crippen LogP) is 2.86. The molecule has 0 amide bonds. The van der Waals surface area contributed by atoms with Gasteiger partial charge in [-0.05, 0) is 18.6 Å². The van der Waals surface area contributed by atoms with E-state index in [2.05, 4.69) is 6.92 Å². The molecule has 0 bridgehead atoms. The van der Waals surface area contributed by atoms with Crippen LogP contribution in [0.2, 0.25) is 5.02 Å². The molecule has 0 unspecified atom stereocenters. The lowest BCUT2D eigenvalue weighted by molar-refractivity contribution is 0.0697. The number of carbonyl (C=O) groups is 1. The van der Waals surface area contributed by atoms with Gasteiger partial charge in [0.15, 0.2) is 0 Å². The normalized spacial score (nSPS) is 10.3. The monoisotopic (exact) mass is 256 g/mol. The molecule has 0 aliphatic carbocycles. The van der Waals surface area contributed by atoms with E-state index in [9.17, 15) is 4.79 Å². The molecule has 94 valence electrons. The van der Waals surface area contributed by atoms with Crippen LogP contribution in [-0.4, -0.2) is 24.7 Å². The lowest BCUT2D eigenvalue weighted by Crippen LogP contribution is -2.21. The zero-order chi connectivity index (χ0) is 13.0. The van der Waals surface area contributed by atoms with E-state index in [0.717, 1.165) is 19.4 Å². The SMILES string of the molecule is CCCCN(C)c1c(Cl)cc(N)cc1C(=O)O. The van der Waals surface area contributed by atoms with E-state index in [4.69, 9.17) is 22.4 Å². The number of benzene rings is 1. The summed E-state index contributed by atoms with van der Waals surface area (Å²) in [5, 5.41) is 9.52. The van der Waals surface area contributed by atoms with Gasteiger partial charge in [-0.3, -0.25) is 0 Å².